The zero-order valence-electron chi connectivity index (χ0n) is 16.6. The van der Waals surface area contributed by atoms with Crippen LogP contribution in [-0.4, -0.2) is 21.0 Å². The second kappa shape index (κ2) is 8.19. The molecule has 0 fully saturated rings. The molecule has 1 aliphatic heterocycles. The smallest absolute Gasteiger partial charge is 0.308 e. The number of halogens is 3. The number of carbonyl (C=O) groups excluding carboxylic acids is 1. The third-order valence-electron chi connectivity index (χ3n) is 4.97. The molecule has 2 amide bonds. The van der Waals surface area contributed by atoms with Crippen LogP contribution < -0.4 is 14.9 Å². The van der Waals surface area contributed by atoms with Crippen molar-refractivity contribution in [3.05, 3.63) is 83.9 Å². The van der Waals surface area contributed by atoms with E-state index in [-0.39, 0.29) is 17.1 Å². The number of amides is 2. The van der Waals surface area contributed by atoms with Crippen LogP contribution in [0.1, 0.15) is 11.1 Å². The summed E-state index contributed by atoms with van der Waals surface area (Å²) in [6.45, 7) is 0.270. The molecule has 166 valence electrons. The number of nitrogens with zero attached hydrogens (tertiary/aromatic N) is 1. The first-order valence-corrected chi connectivity index (χ1v) is 11.0. The maximum absolute atomic E-state index is 12.9. The lowest BCUT2D eigenvalue weighted by Gasteiger charge is -2.19. The van der Waals surface area contributed by atoms with Crippen molar-refractivity contribution >= 4 is 33.1 Å². The Morgan fingerprint density at radius 1 is 0.875 bits per heavy atom. The zero-order chi connectivity index (χ0) is 22.9. The highest BCUT2D eigenvalue weighted by atomic mass is 32.2. The molecule has 1 aliphatic rings. The first-order chi connectivity index (χ1) is 15.1. The van der Waals surface area contributed by atoms with Crippen LogP contribution in [-0.2, 0) is 22.6 Å². The number of carbonyl (C=O) groups is 1. The summed E-state index contributed by atoms with van der Waals surface area (Å²) in [5.41, 5.74) is 0.789. The van der Waals surface area contributed by atoms with Crippen molar-refractivity contribution in [2.45, 2.75) is 17.5 Å². The van der Waals surface area contributed by atoms with E-state index in [1.807, 2.05) is 0 Å². The molecule has 3 aromatic rings. The van der Waals surface area contributed by atoms with Gasteiger partial charge in [-0.25, -0.2) is 13.2 Å². The van der Waals surface area contributed by atoms with E-state index in [1.165, 1.54) is 28.6 Å². The van der Waals surface area contributed by atoms with Crippen molar-refractivity contribution < 1.29 is 26.4 Å². The first kappa shape index (κ1) is 21.7. The summed E-state index contributed by atoms with van der Waals surface area (Å²) in [5.74, 6) is 0. The average molecular weight is 461 g/mol. The number of hydrogen-bond donors (Lipinski definition) is 2. The summed E-state index contributed by atoms with van der Waals surface area (Å²) in [4.78, 5) is 12.4. The summed E-state index contributed by atoms with van der Waals surface area (Å²) >= 11 is 0. The molecule has 0 atom stereocenters. The number of hydrogen-bond acceptors (Lipinski definition) is 3. The molecule has 4 rings (SSSR count). The molecule has 2 N–H and O–H groups in total. The molecule has 32 heavy (non-hydrogen) atoms. The minimum Gasteiger partial charge on any atom is -0.308 e. The maximum atomic E-state index is 12.9. The standard InChI is InChI=1S/C22H18F3N3O3S/c23-22(24,25)16-5-4-6-17(14-16)26-21(29)27-18-9-10-20-15(13-18)11-12-28(20)32(30,31)19-7-2-1-3-8-19/h1-10,13-14H,11-12H2,(H2,26,27,29). The number of alkyl halides is 3. The van der Waals surface area contributed by atoms with Crippen LogP contribution in [0, 0.1) is 0 Å². The van der Waals surface area contributed by atoms with Crippen molar-refractivity contribution in [1.82, 2.24) is 0 Å². The number of urea groups is 1. The summed E-state index contributed by atoms with van der Waals surface area (Å²) < 4.78 is 65.7. The molecule has 0 bridgehead atoms. The van der Waals surface area contributed by atoms with Crippen molar-refractivity contribution in [2.75, 3.05) is 21.5 Å². The largest absolute Gasteiger partial charge is 0.416 e. The number of nitrogens with one attached hydrogen (secondary N) is 2. The molecule has 0 saturated heterocycles. The van der Waals surface area contributed by atoms with Gasteiger partial charge in [0.1, 0.15) is 0 Å². The average Bonchev–Trinajstić information content (AvgIpc) is 3.18. The highest BCUT2D eigenvalue weighted by molar-refractivity contribution is 7.92. The highest BCUT2D eigenvalue weighted by Gasteiger charge is 2.31. The van der Waals surface area contributed by atoms with Crippen LogP contribution in [0.3, 0.4) is 0 Å². The Kier molecular flexibility index (Phi) is 5.55. The van der Waals surface area contributed by atoms with Crippen molar-refractivity contribution in [1.29, 1.82) is 0 Å². The van der Waals surface area contributed by atoms with Gasteiger partial charge in [-0.3, -0.25) is 4.31 Å². The Hall–Kier alpha value is -3.53. The summed E-state index contributed by atoms with van der Waals surface area (Å²) in [6, 6.07) is 16.5. The third-order valence-corrected chi connectivity index (χ3v) is 6.80. The highest BCUT2D eigenvalue weighted by Crippen LogP contribution is 2.35. The van der Waals surface area contributed by atoms with Crippen LogP contribution in [0.2, 0.25) is 0 Å². The number of anilines is 3. The van der Waals surface area contributed by atoms with E-state index in [1.54, 1.807) is 36.4 Å². The topological polar surface area (TPSA) is 78.5 Å². The summed E-state index contributed by atoms with van der Waals surface area (Å²) in [7, 11) is -3.70. The Bertz CT molecular complexity index is 1260. The quantitative estimate of drug-likeness (QED) is 0.567. The van der Waals surface area contributed by atoms with Gasteiger partial charge in [0.25, 0.3) is 10.0 Å². The van der Waals surface area contributed by atoms with Gasteiger partial charge in [0.2, 0.25) is 0 Å². The molecular formula is C22H18F3N3O3S. The molecule has 0 aliphatic carbocycles. The van der Waals surface area contributed by atoms with Gasteiger partial charge in [-0.05, 0) is 60.5 Å². The SMILES string of the molecule is O=C(Nc1cccc(C(F)(F)F)c1)Nc1ccc2c(c1)CCN2S(=O)(=O)c1ccccc1. The van der Waals surface area contributed by atoms with Gasteiger partial charge in [-0.15, -0.1) is 0 Å². The summed E-state index contributed by atoms with van der Waals surface area (Å²) in [6.07, 6.45) is -4.05. The van der Waals surface area contributed by atoms with E-state index in [9.17, 15) is 26.4 Å². The van der Waals surface area contributed by atoms with Gasteiger partial charge in [0.05, 0.1) is 16.1 Å². The number of sulfonamides is 1. The van der Waals surface area contributed by atoms with E-state index < -0.39 is 27.8 Å². The van der Waals surface area contributed by atoms with E-state index in [0.29, 0.717) is 17.8 Å². The van der Waals surface area contributed by atoms with Crippen molar-refractivity contribution in [3.8, 4) is 0 Å². The Morgan fingerprint density at radius 3 is 2.25 bits per heavy atom. The van der Waals surface area contributed by atoms with Crippen LogP contribution >= 0.6 is 0 Å². The van der Waals surface area contributed by atoms with E-state index >= 15 is 0 Å². The number of benzene rings is 3. The van der Waals surface area contributed by atoms with Gasteiger partial charge in [-0.2, -0.15) is 13.2 Å². The fraction of sp³-hybridized carbons (Fsp3) is 0.136. The molecule has 0 unspecified atom stereocenters. The van der Waals surface area contributed by atoms with Crippen LogP contribution in [0.4, 0.5) is 35.0 Å². The molecule has 0 spiro atoms. The van der Waals surface area contributed by atoms with Gasteiger partial charge in [0.15, 0.2) is 0 Å². The maximum Gasteiger partial charge on any atom is 0.416 e. The third kappa shape index (κ3) is 4.40. The van der Waals surface area contributed by atoms with Crippen LogP contribution in [0.5, 0.6) is 0 Å². The fourth-order valence-electron chi connectivity index (χ4n) is 3.49. The Balaban J connectivity index is 1.48. The molecule has 6 nitrogen and oxygen atoms in total. The van der Waals surface area contributed by atoms with Crippen molar-refractivity contribution in [2.24, 2.45) is 0 Å². The van der Waals surface area contributed by atoms with Crippen LogP contribution in [0.25, 0.3) is 0 Å². The lowest BCUT2D eigenvalue weighted by molar-refractivity contribution is -0.137. The van der Waals surface area contributed by atoms with Crippen molar-refractivity contribution in [3.63, 3.8) is 0 Å². The molecule has 0 aromatic heterocycles. The predicted molar refractivity (Wildman–Crippen MR) is 115 cm³/mol. The van der Waals surface area contributed by atoms with E-state index in [2.05, 4.69) is 10.6 Å². The van der Waals surface area contributed by atoms with Gasteiger partial charge in [-0.1, -0.05) is 24.3 Å². The molecular weight excluding hydrogens is 443 g/mol. The molecule has 1 heterocycles. The molecule has 0 saturated carbocycles. The van der Waals surface area contributed by atoms with Crippen LogP contribution in [0.15, 0.2) is 77.7 Å². The van der Waals surface area contributed by atoms with Gasteiger partial charge < -0.3 is 10.6 Å². The zero-order valence-corrected chi connectivity index (χ0v) is 17.4. The molecule has 10 heteroatoms. The molecule has 3 aromatic carbocycles. The molecule has 0 radical (unpaired) electrons. The number of rotatable bonds is 4. The minimum atomic E-state index is -4.51. The predicted octanol–water partition coefficient (Wildman–Crippen LogP) is 5.10. The van der Waals surface area contributed by atoms with Gasteiger partial charge >= 0.3 is 12.2 Å². The minimum absolute atomic E-state index is 0.00128. The second-order valence-corrected chi connectivity index (χ2v) is 9.00. The lowest BCUT2D eigenvalue weighted by atomic mass is 10.1. The van der Waals surface area contributed by atoms with E-state index in [0.717, 1.165) is 17.7 Å². The fourth-order valence-corrected chi connectivity index (χ4v) is 5.01. The van der Waals surface area contributed by atoms with Gasteiger partial charge in [0, 0.05) is 17.9 Å². The first-order valence-electron chi connectivity index (χ1n) is 9.60. The Labute approximate surface area is 182 Å². The van der Waals surface area contributed by atoms with E-state index in [4.69, 9.17) is 0 Å². The summed E-state index contributed by atoms with van der Waals surface area (Å²) in [5, 5.41) is 4.93. The lowest BCUT2D eigenvalue weighted by Crippen LogP contribution is -2.29. The Morgan fingerprint density at radius 2 is 1.56 bits per heavy atom. The number of fused-ring (bicyclic) bond motifs is 1. The normalized spacial score (nSPS) is 13.5. The second-order valence-electron chi connectivity index (χ2n) is 7.14. The monoisotopic (exact) mass is 461 g/mol.